The van der Waals surface area contributed by atoms with Gasteiger partial charge in [-0.25, -0.2) is 0 Å². The standard InChI is InChI=1S/C17H27N3O2.2ClH/c1-17(12-18)8-9-20(13-17)16(21)14-6-4-5-7-15(14)22-11-10-19(2)3;;/h4-7H,8-13,18H2,1-3H3;2*1H. The van der Waals surface area contributed by atoms with E-state index >= 15 is 0 Å². The first kappa shape index (κ1) is 23.0. The molecule has 1 aliphatic heterocycles. The zero-order chi connectivity index (χ0) is 16.2. The van der Waals surface area contributed by atoms with E-state index < -0.39 is 0 Å². The van der Waals surface area contributed by atoms with E-state index in [9.17, 15) is 4.79 Å². The van der Waals surface area contributed by atoms with Gasteiger partial charge in [0.15, 0.2) is 0 Å². The number of nitrogens with zero attached hydrogens (tertiary/aromatic N) is 2. The van der Waals surface area contributed by atoms with E-state index in [4.69, 9.17) is 10.5 Å². The smallest absolute Gasteiger partial charge is 0.257 e. The normalized spacial score (nSPS) is 19.6. The van der Waals surface area contributed by atoms with Crippen molar-refractivity contribution in [2.75, 3.05) is 46.9 Å². The van der Waals surface area contributed by atoms with Crippen molar-refractivity contribution in [3.8, 4) is 5.75 Å². The lowest BCUT2D eigenvalue weighted by molar-refractivity contribution is 0.0772. The minimum Gasteiger partial charge on any atom is -0.491 e. The Morgan fingerprint density at radius 2 is 2.00 bits per heavy atom. The number of ether oxygens (including phenoxy) is 1. The molecule has 1 aromatic rings. The van der Waals surface area contributed by atoms with Crippen LogP contribution in [0.4, 0.5) is 0 Å². The summed E-state index contributed by atoms with van der Waals surface area (Å²) in [5.41, 5.74) is 6.51. The second-order valence-electron chi connectivity index (χ2n) is 6.64. The summed E-state index contributed by atoms with van der Waals surface area (Å²) in [4.78, 5) is 16.7. The molecule has 1 atom stereocenters. The SMILES string of the molecule is CN(C)CCOc1ccccc1C(=O)N1CCC(C)(CN)C1.Cl.Cl. The Morgan fingerprint density at radius 3 is 2.58 bits per heavy atom. The molecule has 1 fully saturated rings. The lowest BCUT2D eigenvalue weighted by Gasteiger charge is -2.23. The number of rotatable bonds is 6. The first-order valence-electron chi connectivity index (χ1n) is 7.81. The fourth-order valence-electron chi connectivity index (χ4n) is 2.64. The second kappa shape index (κ2) is 10.1. The van der Waals surface area contributed by atoms with Gasteiger partial charge in [-0.2, -0.15) is 0 Å². The number of amides is 1. The summed E-state index contributed by atoms with van der Waals surface area (Å²) in [5.74, 6) is 0.702. The molecule has 0 saturated carbocycles. The molecule has 0 radical (unpaired) electrons. The fourth-order valence-corrected chi connectivity index (χ4v) is 2.64. The van der Waals surface area contributed by atoms with E-state index in [1.165, 1.54) is 0 Å². The molecule has 1 heterocycles. The monoisotopic (exact) mass is 377 g/mol. The van der Waals surface area contributed by atoms with Crippen LogP contribution >= 0.6 is 24.8 Å². The minimum atomic E-state index is 0. The topological polar surface area (TPSA) is 58.8 Å². The number of para-hydroxylation sites is 1. The predicted octanol–water partition coefficient (Wildman–Crippen LogP) is 2.28. The zero-order valence-corrected chi connectivity index (χ0v) is 16.3. The van der Waals surface area contributed by atoms with E-state index in [1.54, 1.807) is 0 Å². The van der Waals surface area contributed by atoms with Gasteiger partial charge in [-0.15, -0.1) is 24.8 Å². The average molecular weight is 378 g/mol. The van der Waals surface area contributed by atoms with Crippen LogP contribution in [-0.4, -0.2) is 62.6 Å². The Labute approximate surface area is 157 Å². The number of hydrogen-bond donors (Lipinski definition) is 1. The molecular weight excluding hydrogens is 349 g/mol. The molecule has 0 aliphatic carbocycles. The van der Waals surface area contributed by atoms with Gasteiger partial charge in [-0.05, 0) is 44.6 Å². The third kappa shape index (κ3) is 5.81. The van der Waals surface area contributed by atoms with Gasteiger partial charge in [0.25, 0.3) is 5.91 Å². The van der Waals surface area contributed by atoms with Gasteiger partial charge in [-0.3, -0.25) is 4.79 Å². The number of likely N-dealkylation sites (tertiary alicyclic amines) is 1. The summed E-state index contributed by atoms with van der Waals surface area (Å²) in [6, 6.07) is 7.48. The summed E-state index contributed by atoms with van der Waals surface area (Å²) >= 11 is 0. The summed E-state index contributed by atoms with van der Waals surface area (Å²) in [6.45, 7) is 5.61. The highest BCUT2D eigenvalue weighted by Gasteiger charge is 2.35. The Bertz CT molecular complexity index is 528. The van der Waals surface area contributed by atoms with Crippen LogP contribution < -0.4 is 10.5 Å². The first-order valence-corrected chi connectivity index (χ1v) is 7.81. The number of hydrogen-bond acceptors (Lipinski definition) is 4. The molecule has 1 aliphatic rings. The maximum absolute atomic E-state index is 12.8. The van der Waals surface area contributed by atoms with Crippen molar-refractivity contribution >= 4 is 30.7 Å². The highest BCUT2D eigenvalue weighted by molar-refractivity contribution is 5.97. The molecule has 0 bridgehead atoms. The highest BCUT2D eigenvalue weighted by Crippen LogP contribution is 2.31. The van der Waals surface area contributed by atoms with E-state index in [0.29, 0.717) is 31.0 Å². The van der Waals surface area contributed by atoms with Crippen LogP contribution in [-0.2, 0) is 0 Å². The van der Waals surface area contributed by atoms with Gasteiger partial charge in [0.2, 0.25) is 0 Å². The van der Waals surface area contributed by atoms with Crippen molar-refractivity contribution < 1.29 is 9.53 Å². The van der Waals surface area contributed by atoms with Crippen molar-refractivity contribution in [1.82, 2.24) is 9.80 Å². The van der Waals surface area contributed by atoms with Crippen molar-refractivity contribution in [2.24, 2.45) is 11.1 Å². The number of carbonyl (C=O) groups excluding carboxylic acids is 1. The maximum atomic E-state index is 12.8. The molecule has 1 amide bonds. The number of benzene rings is 1. The van der Waals surface area contributed by atoms with Gasteiger partial charge < -0.3 is 20.3 Å². The molecule has 138 valence electrons. The number of carbonyl (C=O) groups is 1. The summed E-state index contributed by atoms with van der Waals surface area (Å²) < 4.78 is 5.79. The molecule has 7 heteroatoms. The molecule has 1 saturated heterocycles. The van der Waals surface area contributed by atoms with Crippen molar-refractivity contribution in [3.63, 3.8) is 0 Å². The largest absolute Gasteiger partial charge is 0.491 e. The molecule has 1 aromatic carbocycles. The summed E-state index contributed by atoms with van der Waals surface area (Å²) in [5, 5.41) is 0. The Kier molecular flexibility index (Phi) is 9.66. The Balaban J connectivity index is 0.00000264. The lowest BCUT2D eigenvalue weighted by atomic mass is 9.90. The molecular formula is C17H29Cl2N3O2. The summed E-state index contributed by atoms with van der Waals surface area (Å²) in [7, 11) is 4.00. The van der Waals surface area contributed by atoms with Crippen LogP contribution in [0.1, 0.15) is 23.7 Å². The molecule has 24 heavy (non-hydrogen) atoms. The maximum Gasteiger partial charge on any atom is 0.257 e. The number of likely N-dealkylation sites (N-methyl/N-ethyl adjacent to an activating group) is 1. The molecule has 5 nitrogen and oxygen atoms in total. The quantitative estimate of drug-likeness (QED) is 0.825. The van der Waals surface area contributed by atoms with E-state index in [1.807, 2.05) is 43.3 Å². The van der Waals surface area contributed by atoms with Crippen LogP contribution in [0.15, 0.2) is 24.3 Å². The van der Waals surface area contributed by atoms with Gasteiger partial charge in [0.1, 0.15) is 12.4 Å². The fraction of sp³-hybridized carbons (Fsp3) is 0.588. The summed E-state index contributed by atoms with van der Waals surface area (Å²) in [6.07, 6.45) is 0.957. The molecule has 2 N–H and O–H groups in total. The van der Waals surface area contributed by atoms with Crippen molar-refractivity contribution in [2.45, 2.75) is 13.3 Å². The van der Waals surface area contributed by atoms with E-state index in [0.717, 1.165) is 19.5 Å². The Morgan fingerprint density at radius 1 is 1.33 bits per heavy atom. The van der Waals surface area contributed by atoms with Gasteiger partial charge in [0, 0.05) is 19.6 Å². The zero-order valence-electron chi connectivity index (χ0n) is 14.7. The molecule has 0 spiro atoms. The lowest BCUT2D eigenvalue weighted by Crippen LogP contribution is -2.34. The van der Waals surface area contributed by atoms with E-state index in [2.05, 4.69) is 11.8 Å². The number of halogens is 2. The van der Waals surface area contributed by atoms with Crippen molar-refractivity contribution in [1.29, 1.82) is 0 Å². The second-order valence-corrected chi connectivity index (χ2v) is 6.64. The van der Waals surface area contributed by atoms with Crippen LogP contribution in [0.3, 0.4) is 0 Å². The molecule has 1 unspecified atom stereocenters. The van der Waals surface area contributed by atoms with Gasteiger partial charge in [0.05, 0.1) is 5.56 Å². The third-order valence-electron chi connectivity index (χ3n) is 4.25. The van der Waals surface area contributed by atoms with Crippen molar-refractivity contribution in [3.05, 3.63) is 29.8 Å². The minimum absolute atomic E-state index is 0. The predicted molar refractivity (Wildman–Crippen MR) is 103 cm³/mol. The first-order chi connectivity index (χ1) is 10.4. The van der Waals surface area contributed by atoms with Crippen LogP contribution in [0.5, 0.6) is 5.75 Å². The Hall–Kier alpha value is -1.01. The third-order valence-corrected chi connectivity index (χ3v) is 4.25. The van der Waals surface area contributed by atoms with Gasteiger partial charge >= 0.3 is 0 Å². The average Bonchev–Trinajstić information content (AvgIpc) is 2.90. The van der Waals surface area contributed by atoms with Crippen LogP contribution in [0.2, 0.25) is 0 Å². The van der Waals surface area contributed by atoms with E-state index in [-0.39, 0.29) is 36.1 Å². The highest BCUT2D eigenvalue weighted by atomic mass is 35.5. The van der Waals surface area contributed by atoms with Gasteiger partial charge in [-0.1, -0.05) is 19.1 Å². The van der Waals surface area contributed by atoms with Crippen LogP contribution in [0, 0.1) is 5.41 Å². The molecule has 2 rings (SSSR count). The van der Waals surface area contributed by atoms with Crippen LogP contribution in [0.25, 0.3) is 0 Å². The molecule has 0 aromatic heterocycles. The number of nitrogens with two attached hydrogens (primary N) is 1.